The number of ether oxygens (including phenoxy) is 1. The SMILES string of the molecule is C[C@@H](OC(=O)CN1C(=O)NC2(CCCC2)C1=O)C(N)=O. The Kier molecular flexibility index (Phi) is 3.65. The molecule has 0 aromatic heterocycles. The molecule has 0 bridgehead atoms. The number of nitrogens with two attached hydrogens (primary N) is 1. The van der Waals surface area contributed by atoms with Crippen LogP contribution in [0, 0.1) is 0 Å². The van der Waals surface area contributed by atoms with Crippen molar-refractivity contribution in [3.05, 3.63) is 0 Å². The smallest absolute Gasteiger partial charge is 0.327 e. The van der Waals surface area contributed by atoms with E-state index in [9.17, 15) is 19.2 Å². The van der Waals surface area contributed by atoms with Gasteiger partial charge in [-0.1, -0.05) is 12.8 Å². The van der Waals surface area contributed by atoms with Crippen LogP contribution in [0.1, 0.15) is 32.6 Å². The van der Waals surface area contributed by atoms with Crippen molar-refractivity contribution >= 4 is 23.8 Å². The Morgan fingerprint density at radius 2 is 2.00 bits per heavy atom. The number of nitrogens with zero attached hydrogens (tertiary/aromatic N) is 1. The lowest BCUT2D eigenvalue weighted by molar-refractivity contribution is -0.155. The van der Waals surface area contributed by atoms with E-state index in [4.69, 9.17) is 10.5 Å². The van der Waals surface area contributed by atoms with E-state index in [1.54, 1.807) is 0 Å². The molecule has 1 saturated carbocycles. The minimum absolute atomic E-state index is 0.399. The van der Waals surface area contributed by atoms with Gasteiger partial charge in [-0.3, -0.25) is 19.3 Å². The fourth-order valence-corrected chi connectivity index (χ4v) is 2.56. The van der Waals surface area contributed by atoms with E-state index in [1.165, 1.54) is 6.92 Å². The number of amides is 4. The second-order valence-corrected chi connectivity index (χ2v) is 5.15. The number of hydrogen-bond donors (Lipinski definition) is 2. The number of urea groups is 1. The van der Waals surface area contributed by atoms with Gasteiger partial charge in [0.05, 0.1) is 0 Å². The van der Waals surface area contributed by atoms with Gasteiger partial charge in [-0.05, 0) is 19.8 Å². The molecule has 1 aliphatic heterocycles. The van der Waals surface area contributed by atoms with E-state index in [0.717, 1.165) is 17.7 Å². The first kappa shape index (κ1) is 14.3. The van der Waals surface area contributed by atoms with Crippen LogP contribution < -0.4 is 11.1 Å². The monoisotopic (exact) mass is 283 g/mol. The van der Waals surface area contributed by atoms with Crippen LogP contribution in [0.25, 0.3) is 0 Å². The van der Waals surface area contributed by atoms with Gasteiger partial charge >= 0.3 is 12.0 Å². The van der Waals surface area contributed by atoms with Crippen molar-refractivity contribution in [1.29, 1.82) is 0 Å². The molecule has 0 unspecified atom stereocenters. The van der Waals surface area contributed by atoms with Gasteiger partial charge in [0, 0.05) is 0 Å². The number of carbonyl (C=O) groups is 4. The molecule has 0 aromatic carbocycles. The van der Waals surface area contributed by atoms with Crippen molar-refractivity contribution in [2.75, 3.05) is 6.54 Å². The van der Waals surface area contributed by atoms with Crippen LogP contribution in [0.15, 0.2) is 0 Å². The Bertz CT molecular complexity index is 470. The molecule has 3 N–H and O–H groups in total. The average Bonchev–Trinajstić information content (AvgIpc) is 2.91. The number of carbonyl (C=O) groups excluding carboxylic acids is 4. The quantitative estimate of drug-likeness (QED) is 0.520. The molecule has 1 spiro atoms. The molecule has 8 heteroatoms. The topological polar surface area (TPSA) is 119 Å². The van der Waals surface area contributed by atoms with Crippen LogP contribution in [0.4, 0.5) is 4.79 Å². The molecule has 20 heavy (non-hydrogen) atoms. The van der Waals surface area contributed by atoms with Gasteiger partial charge in [0.2, 0.25) is 0 Å². The second kappa shape index (κ2) is 5.10. The van der Waals surface area contributed by atoms with Gasteiger partial charge in [-0.2, -0.15) is 0 Å². The maximum Gasteiger partial charge on any atom is 0.327 e. The third kappa shape index (κ3) is 2.45. The number of hydrogen-bond acceptors (Lipinski definition) is 5. The predicted molar refractivity (Wildman–Crippen MR) is 66.2 cm³/mol. The van der Waals surface area contributed by atoms with Crippen molar-refractivity contribution in [2.24, 2.45) is 5.73 Å². The summed E-state index contributed by atoms with van der Waals surface area (Å²) in [5.74, 6) is -2.03. The molecule has 2 rings (SSSR count). The molecule has 0 aromatic rings. The van der Waals surface area contributed by atoms with Crippen molar-refractivity contribution in [3.8, 4) is 0 Å². The maximum absolute atomic E-state index is 12.2. The number of esters is 1. The van der Waals surface area contributed by atoms with E-state index in [1.807, 2.05) is 0 Å². The van der Waals surface area contributed by atoms with Gasteiger partial charge < -0.3 is 15.8 Å². The highest BCUT2D eigenvalue weighted by Crippen LogP contribution is 2.34. The third-order valence-electron chi connectivity index (χ3n) is 3.70. The van der Waals surface area contributed by atoms with Crippen LogP contribution in [0.3, 0.4) is 0 Å². The van der Waals surface area contributed by atoms with E-state index in [2.05, 4.69) is 5.32 Å². The first-order valence-electron chi connectivity index (χ1n) is 6.49. The van der Waals surface area contributed by atoms with E-state index >= 15 is 0 Å². The number of primary amides is 1. The molecular weight excluding hydrogens is 266 g/mol. The summed E-state index contributed by atoms with van der Waals surface area (Å²) in [4.78, 5) is 47.3. The van der Waals surface area contributed by atoms with Crippen LogP contribution in [0.5, 0.6) is 0 Å². The largest absolute Gasteiger partial charge is 0.451 e. The van der Waals surface area contributed by atoms with E-state index in [0.29, 0.717) is 12.8 Å². The molecule has 8 nitrogen and oxygen atoms in total. The van der Waals surface area contributed by atoms with Gasteiger partial charge in [0.25, 0.3) is 11.8 Å². The highest BCUT2D eigenvalue weighted by molar-refractivity contribution is 6.08. The predicted octanol–water partition coefficient (Wildman–Crippen LogP) is -0.732. The Hall–Kier alpha value is -2.12. The first-order chi connectivity index (χ1) is 9.35. The minimum atomic E-state index is -1.09. The molecule has 110 valence electrons. The Labute approximate surface area is 115 Å². The summed E-state index contributed by atoms with van der Waals surface area (Å²) in [5.41, 5.74) is 4.11. The van der Waals surface area contributed by atoms with Crippen molar-refractivity contribution in [2.45, 2.75) is 44.2 Å². The second-order valence-electron chi connectivity index (χ2n) is 5.15. The lowest BCUT2D eigenvalue weighted by Gasteiger charge is -2.19. The van der Waals surface area contributed by atoms with Crippen molar-refractivity contribution in [3.63, 3.8) is 0 Å². The zero-order valence-corrected chi connectivity index (χ0v) is 11.2. The van der Waals surface area contributed by atoms with Crippen molar-refractivity contribution < 1.29 is 23.9 Å². The standard InChI is InChI=1S/C12H17N3O5/c1-7(9(13)17)20-8(16)6-15-10(18)12(14-11(15)19)4-2-3-5-12/h7H,2-6H2,1H3,(H2,13,17)(H,14,19)/t7-/m1/s1. The Morgan fingerprint density at radius 3 is 2.55 bits per heavy atom. The summed E-state index contributed by atoms with van der Waals surface area (Å²) >= 11 is 0. The van der Waals surface area contributed by atoms with E-state index < -0.39 is 42.0 Å². The summed E-state index contributed by atoms with van der Waals surface area (Å²) < 4.78 is 4.73. The zero-order valence-electron chi connectivity index (χ0n) is 11.2. The normalized spacial score (nSPS) is 21.9. The zero-order chi connectivity index (χ0) is 14.9. The average molecular weight is 283 g/mol. The molecular formula is C12H17N3O5. The lowest BCUT2D eigenvalue weighted by Crippen LogP contribution is -2.44. The molecule has 1 aliphatic carbocycles. The summed E-state index contributed by atoms with van der Waals surface area (Å²) in [7, 11) is 0. The summed E-state index contributed by atoms with van der Waals surface area (Å²) in [6, 6.07) is -0.597. The summed E-state index contributed by atoms with van der Waals surface area (Å²) in [5, 5.41) is 2.65. The van der Waals surface area contributed by atoms with Gasteiger partial charge in [0.15, 0.2) is 6.10 Å². The maximum atomic E-state index is 12.2. The fourth-order valence-electron chi connectivity index (χ4n) is 2.56. The Balaban J connectivity index is 1.99. The lowest BCUT2D eigenvalue weighted by atomic mass is 9.98. The Morgan fingerprint density at radius 1 is 1.40 bits per heavy atom. The molecule has 2 aliphatic rings. The number of imide groups is 1. The number of nitrogens with one attached hydrogen (secondary N) is 1. The van der Waals surface area contributed by atoms with Crippen molar-refractivity contribution in [1.82, 2.24) is 10.2 Å². The van der Waals surface area contributed by atoms with Crippen LogP contribution in [-0.2, 0) is 19.1 Å². The molecule has 2 fully saturated rings. The highest BCUT2D eigenvalue weighted by atomic mass is 16.5. The van der Waals surface area contributed by atoms with E-state index in [-0.39, 0.29) is 0 Å². The molecule has 1 saturated heterocycles. The highest BCUT2D eigenvalue weighted by Gasteiger charge is 2.52. The first-order valence-corrected chi connectivity index (χ1v) is 6.49. The number of rotatable bonds is 4. The van der Waals surface area contributed by atoms with Gasteiger partial charge in [-0.15, -0.1) is 0 Å². The van der Waals surface area contributed by atoms with Gasteiger partial charge in [-0.25, -0.2) is 4.79 Å². The molecule has 0 radical (unpaired) electrons. The molecule has 4 amide bonds. The van der Waals surface area contributed by atoms with Gasteiger partial charge in [0.1, 0.15) is 12.1 Å². The molecule has 1 heterocycles. The minimum Gasteiger partial charge on any atom is -0.451 e. The fraction of sp³-hybridized carbons (Fsp3) is 0.667. The van der Waals surface area contributed by atoms with Crippen LogP contribution in [0.2, 0.25) is 0 Å². The third-order valence-corrected chi connectivity index (χ3v) is 3.70. The van der Waals surface area contributed by atoms with Crippen LogP contribution >= 0.6 is 0 Å². The summed E-state index contributed by atoms with van der Waals surface area (Å²) in [6.07, 6.45) is 1.80. The summed E-state index contributed by atoms with van der Waals surface area (Å²) in [6.45, 7) is 0.814. The molecule has 1 atom stereocenters. The van der Waals surface area contributed by atoms with Crippen LogP contribution in [-0.4, -0.2) is 46.9 Å².